The molecule has 1 aliphatic rings. The van der Waals surface area contributed by atoms with Crippen molar-refractivity contribution in [1.82, 2.24) is 0 Å². The second kappa shape index (κ2) is 4.88. The molecule has 68 valence electrons. The van der Waals surface area contributed by atoms with Gasteiger partial charge in [-0.3, -0.25) is 0 Å². The lowest BCUT2D eigenvalue weighted by Gasteiger charge is -1.94. The van der Waals surface area contributed by atoms with Gasteiger partial charge in [-0.15, -0.1) is 0 Å². The van der Waals surface area contributed by atoms with Gasteiger partial charge in [-0.1, -0.05) is 4.79 Å². The van der Waals surface area contributed by atoms with Crippen LogP contribution in [0.5, 0.6) is 0 Å². The molecule has 0 unspecified atom stereocenters. The maximum atomic E-state index is 9.81. The number of allylic oxidation sites excluding steroid dienone is 2. The van der Waals surface area contributed by atoms with Crippen LogP contribution >= 0.6 is 0 Å². The molecule has 0 amide bonds. The molecule has 0 saturated carbocycles. The molecule has 0 bridgehead atoms. The lowest BCUT2D eigenvalue weighted by atomic mass is 10.3. The van der Waals surface area contributed by atoms with Crippen molar-refractivity contribution in [3.8, 4) is 0 Å². The molecule has 0 fully saturated rings. The highest BCUT2D eigenvalue weighted by molar-refractivity contribution is 6.50. The van der Waals surface area contributed by atoms with Gasteiger partial charge in [-0.05, 0) is 6.42 Å². The Labute approximate surface area is 67.6 Å². The van der Waals surface area contributed by atoms with Gasteiger partial charge in [0.2, 0.25) is 5.57 Å². The van der Waals surface area contributed by atoms with E-state index in [1.807, 2.05) is 12.4 Å². The lowest BCUT2D eigenvalue weighted by Crippen LogP contribution is -2.02. The van der Waals surface area contributed by atoms with Crippen LogP contribution in [0.3, 0.4) is 0 Å². The maximum absolute atomic E-state index is 9.81. The second-order valence-corrected chi connectivity index (χ2v) is 2.22. The van der Waals surface area contributed by atoms with E-state index in [1.54, 1.807) is 0 Å². The molecule has 0 aliphatic heterocycles. The predicted molar refractivity (Wildman–Crippen MR) is 37.8 cm³/mol. The standard InChI is InChI=1S/C6H7O.BF4/c7-5-6-3-1-2-4-6;2-1(3,4)5/h3H,1-2,4H2;/q+1;-1. The number of carbonyl (C=O) groups excluding carboxylic acids is 1. The van der Waals surface area contributed by atoms with Crippen LogP contribution in [0, 0.1) is 0 Å². The first-order valence-electron chi connectivity index (χ1n) is 3.38. The monoisotopic (exact) mass is 182 g/mol. The molecule has 0 spiro atoms. The maximum Gasteiger partial charge on any atom is 0.673 e. The van der Waals surface area contributed by atoms with E-state index in [0.29, 0.717) is 0 Å². The van der Waals surface area contributed by atoms with Gasteiger partial charge in [-0.25, -0.2) is 0 Å². The van der Waals surface area contributed by atoms with Gasteiger partial charge in [0.05, 0.1) is 6.08 Å². The van der Waals surface area contributed by atoms with Gasteiger partial charge in [0.25, 0.3) is 0 Å². The van der Waals surface area contributed by atoms with Gasteiger partial charge >= 0.3 is 13.5 Å². The van der Waals surface area contributed by atoms with E-state index >= 15 is 0 Å². The topological polar surface area (TPSA) is 17.1 Å². The normalized spacial score (nSPS) is 15.8. The molecule has 0 heterocycles. The first-order valence-corrected chi connectivity index (χ1v) is 3.38. The summed E-state index contributed by atoms with van der Waals surface area (Å²) in [7, 11) is -6.00. The zero-order valence-electron chi connectivity index (χ0n) is 6.20. The third-order valence-corrected chi connectivity index (χ3v) is 1.17. The molecule has 0 radical (unpaired) electrons. The smallest absolute Gasteiger partial charge is 0.418 e. The Balaban J connectivity index is 0.000000217. The Hall–Kier alpha value is -0.895. The SMILES string of the molecule is F[B-](F)(F)F.O=[C+]C1=CCCC1. The number of halogens is 4. The van der Waals surface area contributed by atoms with Crippen LogP contribution in [0.25, 0.3) is 0 Å². The third-order valence-electron chi connectivity index (χ3n) is 1.17. The van der Waals surface area contributed by atoms with Crippen molar-refractivity contribution in [1.29, 1.82) is 0 Å². The number of rotatable bonds is 1. The summed E-state index contributed by atoms with van der Waals surface area (Å²) in [6.07, 6.45) is 6.99. The molecular weight excluding hydrogens is 175 g/mol. The van der Waals surface area contributed by atoms with Gasteiger partial charge < -0.3 is 17.3 Å². The van der Waals surface area contributed by atoms with Crippen molar-refractivity contribution in [3.63, 3.8) is 0 Å². The van der Waals surface area contributed by atoms with Crippen LogP contribution < -0.4 is 0 Å². The van der Waals surface area contributed by atoms with E-state index in [1.165, 1.54) is 0 Å². The minimum absolute atomic E-state index is 0.861. The first kappa shape index (κ1) is 11.1. The van der Waals surface area contributed by atoms with Crippen molar-refractivity contribution in [2.75, 3.05) is 0 Å². The predicted octanol–water partition coefficient (Wildman–Crippen LogP) is 2.51. The Kier molecular flexibility index (Phi) is 4.51. The molecule has 0 aromatic rings. The highest BCUT2D eigenvalue weighted by atomic mass is 19.5. The molecule has 12 heavy (non-hydrogen) atoms. The second-order valence-electron chi connectivity index (χ2n) is 2.22. The van der Waals surface area contributed by atoms with Crippen molar-refractivity contribution >= 4 is 13.5 Å². The summed E-state index contributed by atoms with van der Waals surface area (Å²) in [4.78, 5) is 9.81. The van der Waals surface area contributed by atoms with E-state index in [2.05, 4.69) is 0 Å². The molecule has 1 nitrogen and oxygen atoms in total. The molecule has 0 atom stereocenters. The summed E-state index contributed by atoms with van der Waals surface area (Å²) in [6.45, 7) is 0. The molecule has 1 rings (SSSR count). The first-order chi connectivity index (χ1) is 5.43. The molecule has 1 aliphatic carbocycles. The number of hydrogen-bond acceptors (Lipinski definition) is 1. The lowest BCUT2D eigenvalue weighted by molar-refractivity contribution is 0.368. The van der Waals surface area contributed by atoms with Gasteiger partial charge in [-0.2, -0.15) is 0 Å². The fourth-order valence-corrected chi connectivity index (χ4v) is 0.764. The molecular formula is C6H7BF4O. The Morgan fingerprint density at radius 2 is 1.83 bits per heavy atom. The Morgan fingerprint density at radius 1 is 1.33 bits per heavy atom. The Morgan fingerprint density at radius 3 is 2.00 bits per heavy atom. The summed E-state index contributed by atoms with van der Waals surface area (Å²) in [6, 6.07) is 0. The van der Waals surface area contributed by atoms with Crippen LogP contribution in [-0.4, -0.2) is 13.5 Å². The summed E-state index contributed by atoms with van der Waals surface area (Å²) >= 11 is 0. The zero-order chi connectivity index (χ0) is 9.61. The van der Waals surface area contributed by atoms with Crippen LogP contribution in [0.4, 0.5) is 17.3 Å². The van der Waals surface area contributed by atoms with Crippen molar-refractivity contribution in [2.24, 2.45) is 0 Å². The van der Waals surface area contributed by atoms with Crippen LogP contribution in [0.1, 0.15) is 19.3 Å². The summed E-state index contributed by atoms with van der Waals surface area (Å²) in [5.41, 5.74) is 0.861. The van der Waals surface area contributed by atoms with E-state index in [0.717, 1.165) is 24.8 Å². The van der Waals surface area contributed by atoms with Crippen molar-refractivity contribution in [3.05, 3.63) is 11.6 Å². The third kappa shape index (κ3) is 9.10. The summed E-state index contributed by atoms with van der Waals surface area (Å²) < 4.78 is 39.0. The molecule has 6 heteroatoms. The average Bonchev–Trinajstić information content (AvgIpc) is 2.33. The molecule has 0 aromatic heterocycles. The molecule has 0 N–H and O–H groups in total. The van der Waals surface area contributed by atoms with E-state index in [9.17, 15) is 22.1 Å². The minimum Gasteiger partial charge on any atom is -0.418 e. The van der Waals surface area contributed by atoms with Gasteiger partial charge in [0.15, 0.2) is 0 Å². The number of hydrogen-bond donors (Lipinski definition) is 0. The average molecular weight is 182 g/mol. The van der Waals surface area contributed by atoms with Crippen LogP contribution in [-0.2, 0) is 4.79 Å². The van der Waals surface area contributed by atoms with Crippen LogP contribution in [0.15, 0.2) is 11.6 Å². The summed E-state index contributed by atoms with van der Waals surface area (Å²) in [5.74, 6) is 0. The fraction of sp³-hybridized carbons (Fsp3) is 0.500. The van der Waals surface area contributed by atoms with E-state index in [-0.39, 0.29) is 0 Å². The van der Waals surface area contributed by atoms with E-state index in [4.69, 9.17) is 0 Å². The minimum atomic E-state index is -6.00. The largest absolute Gasteiger partial charge is 0.673 e. The van der Waals surface area contributed by atoms with Crippen LogP contribution in [0.2, 0.25) is 0 Å². The molecule has 0 aromatic carbocycles. The Bertz CT molecular complexity index is 169. The zero-order valence-corrected chi connectivity index (χ0v) is 6.20. The summed E-state index contributed by atoms with van der Waals surface area (Å²) in [5, 5.41) is 0. The van der Waals surface area contributed by atoms with E-state index < -0.39 is 7.25 Å². The fourth-order valence-electron chi connectivity index (χ4n) is 0.764. The van der Waals surface area contributed by atoms with Crippen molar-refractivity contribution < 1.29 is 22.1 Å². The van der Waals surface area contributed by atoms with Crippen molar-refractivity contribution in [2.45, 2.75) is 19.3 Å². The van der Waals surface area contributed by atoms with Gasteiger partial charge in [0, 0.05) is 12.8 Å². The van der Waals surface area contributed by atoms with Gasteiger partial charge in [0.1, 0.15) is 0 Å². The highest BCUT2D eigenvalue weighted by Gasteiger charge is 2.20. The molecule has 0 saturated heterocycles. The highest BCUT2D eigenvalue weighted by Crippen LogP contribution is 2.14. The quantitative estimate of drug-likeness (QED) is 0.345.